The highest BCUT2D eigenvalue weighted by atomic mass is 16.3. The van der Waals surface area contributed by atoms with Crippen molar-refractivity contribution in [3.8, 4) is 11.1 Å². The minimum atomic E-state index is 0.0838. The molecule has 0 aliphatic carbocycles. The summed E-state index contributed by atoms with van der Waals surface area (Å²) < 4.78 is 0. The summed E-state index contributed by atoms with van der Waals surface area (Å²) in [5.41, 5.74) is 3.37. The van der Waals surface area contributed by atoms with E-state index in [9.17, 15) is 0 Å². The van der Waals surface area contributed by atoms with Crippen molar-refractivity contribution in [2.45, 2.75) is 0 Å². The Kier molecular flexibility index (Phi) is 4.95. The van der Waals surface area contributed by atoms with Gasteiger partial charge in [0.15, 0.2) is 0 Å². The second kappa shape index (κ2) is 6.92. The first-order valence-electron chi connectivity index (χ1n) is 6.47. The van der Waals surface area contributed by atoms with Crippen molar-refractivity contribution in [3.63, 3.8) is 0 Å². The van der Waals surface area contributed by atoms with Crippen LogP contribution in [0.1, 0.15) is 0 Å². The summed E-state index contributed by atoms with van der Waals surface area (Å²) in [6.45, 7) is 1.23. The summed E-state index contributed by atoms with van der Waals surface area (Å²) in [5.74, 6) is 0. The Morgan fingerprint density at radius 3 is 1.74 bits per heavy atom. The summed E-state index contributed by atoms with van der Waals surface area (Å²) in [4.78, 5) is 1.97. The van der Waals surface area contributed by atoms with Gasteiger partial charge < -0.3 is 15.1 Å². The molecule has 0 aliphatic heterocycles. The van der Waals surface area contributed by atoms with Crippen LogP contribution in [0.25, 0.3) is 11.1 Å². The van der Waals surface area contributed by atoms with Crippen molar-refractivity contribution in [1.29, 1.82) is 0 Å². The molecular formula is C16H19NO2. The van der Waals surface area contributed by atoms with Crippen LogP contribution in [0.5, 0.6) is 0 Å². The summed E-state index contributed by atoms with van der Waals surface area (Å²) >= 11 is 0. The lowest BCUT2D eigenvalue weighted by Crippen LogP contribution is -2.29. The Morgan fingerprint density at radius 2 is 1.21 bits per heavy atom. The van der Waals surface area contributed by atoms with Crippen LogP contribution in [0.15, 0.2) is 54.6 Å². The normalized spacial score (nSPS) is 10.4. The molecule has 0 aliphatic rings. The summed E-state index contributed by atoms with van der Waals surface area (Å²) in [5, 5.41) is 18.1. The summed E-state index contributed by atoms with van der Waals surface area (Å²) in [6.07, 6.45) is 0. The SMILES string of the molecule is OCCN(CCO)c1ccc(-c2ccccc2)cc1. The van der Waals surface area contributed by atoms with Gasteiger partial charge in [-0.1, -0.05) is 42.5 Å². The van der Waals surface area contributed by atoms with Gasteiger partial charge in [-0.25, -0.2) is 0 Å². The molecule has 3 nitrogen and oxygen atoms in total. The molecule has 0 radical (unpaired) electrons. The topological polar surface area (TPSA) is 43.7 Å². The summed E-state index contributed by atoms with van der Waals surface area (Å²) in [7, 11) is 0. The smallest absolute Gasteiger partial charge is 0.0606 e. The van der Waals surface area contributed by atoms with Crippen LogP contribution in [0.2, 0.25) is 0 Å². The van der Waals surface area contributed by atoms with Crippen LogP contribution in [0, 0.1) is 0 Å². The average molecular weight is 257 g/mol. The van der Waals surface area contributed by atoms with Crippen molar-refractivity contribution in [2.75, 3.05) is 31.2 Å². The third kappa shape index (κ3) is 3.56. The van der Waals surface area contributed by atoms with Gasteiger partial charge in [0.25, 0.3) is 0 Å². The Bertz CT molecular complexity index is 476. The van der Waals surface area contributed by atoms with Crippen molar-refractivity contribution in [2.24, 2.45) is 0 Å². The molecule has 0 bridgehead atoms. The molecule has 0 spiro atoms. The zero-order chi connectivity index (χ0) is 13.5. The van der Waals surface area contributed by atoms with E-state index in [2.05, 4.69) is 24.3 Å². The molecule has 0 unspecified atom stereocenters. The molecular weight excluding hydrogens is 238 g/mol. The van der Waals surface area contributed by atoms with E-state index in [1.54, 1.807) is 0 Å². The van der Waals surface area contributed by atoms with Gasteiger partial charge in [0.05, 0.1) is 13.2 Å². The molecule has 0 heterocycles. The molecule has 2 aromatic rings. The lowest BCUT2D eigenvalue weighted by atomic mass is 10.1. The molecule has 0 amide bonds. The lowest BCUT2D eigenvalue weighted by molar-refractivity contribution is 0.281. The van der Waals surface area contributed by atoms with Gasteiger partial charge in [-0.15, -0.1) is 0 Å². The molecule has 0 atom stereocenters. The van der Waals surface area contributed by atoms with E-state index in [4.69, 9.17) is 10.2 Å². The van der Waals surface area contributed by atoms with E-state index < -0.39 is 0 Å². The van der Waals surface area contributed by atoms with Crippen LogP contribution in [0.4, 0.5) is 5.69 Å². The van der Waals surface area contributed by atoms with E-state index in [0.717, 1.165) is 11.3 Å². The van der Waals surface area contributed by atoms with Crippen molar-refractivity contribution < 1.29 is 10.2 Å². The fraction of sp³-hybridized carbons (Fsp3) is 0.250. The predicted molar refractivity (Wildman–Crippen MR) is 78.3 cm³/mol. The highest BCUT2D eigenvalue weighted by Crippen LogP contribution is 2.22. The Balaban J connectivity index is 2.17. The number of aliphatic hydroxyl groups excluding tert-OH is 2. The number of hydrogen-bond donors (Lipinski definition) is 2. The monoisotopic (exact) mass is 257 g/mol. The van der Waals surface area contributed by atoms with Crippen molar-refractivity contribution in [3.05, 3.63) is 54.6 Å². The van der Waals surface area contributed by atoms with Gasteiger partial charge in [-0.05, 0) is 23.3 Å². The zero-order valence-electron chi connectivity index (χ0n) is 10.9. The first-order chi connectivity index (χ1) is 9.35. The van der Waals surface area contributed by atoms with Gasteiger partial charge >= 0.3 is 0 Å². The largest absolute Gasteiger partial charge is 0.395 e. The van der Waals surface area contributed by atoms with Gasteiger partial charge in [0.2, 0.25) is 0 Å². The van der Waals surface area contributed by atoms with Gasteiger partial charge in [0, 0.05) is 18.8 Å². The van der Waals surface area contributed by atoms with Gasteiger partial charge in [0.1, 0.15) is 0 Å². The fourth-order valence-electron chi connectivity index (χ4n) is 2.11. The van der Waals surface area contributed by atoms with Crippen molar-refractivity contribution >= 4 is 5.69 Å². The maximum Gasteiger partial charge on any atom is 0.0606 e. The Hall–Kier alpha value is -1.84. The van der Waals surface area contributed by atoms with E-state index in [-0.39, 0.29) is 13.2 Å². The fourth-order valence-corrected chi connectivity index (χ4v) is 2.11. The number of nitrogens with zero attached hydrogens (tertiary/aromatic N) is 1. The summed E-state index contributed by atoms with van der Waals surface area (Å²) in [6, 6.07) is 18.4. The number of anilines is 1. The van der Waals surface area contributed by atoms with E-state index in [0.29, 0.717) is 13.1 Å². The molecule has 0 aromatic heterocycles. The third-order valence-corrected chi connectivity index (χ3v) is 3.08. The number of hydrogen-bond acceptors (Lipinski definition) is 3. The molecule has 2 N–H and O–H groups in total. The Labute approximate surface area is 113 Å². The van der Waals surface area contributed by atoms with E-state index in [1.807, 2.05) is 35.2 Å². The molecule has 100 valence electrons. The highest BCUT2D eigenvalue weighted by Gasteiger charge is 2.05. The van der Waals surface area contributed by atoms with Crippen LogP contribution < -0.4 is 4.90 Å². The van der Waals surface area contributed by atoms with Crippen LogP contribution in [-0.2, 0) is 0 Å². The first-order valence-corrected chi connectivity index (χ1v) is 6.47. The van der Waals surface area contributed by atoms with Gasteiger partial charge in [-0.2, -0.15) is 0 Å². The molecule has 2 rings (SSSR count). The maximum absolute atomic E-state index is 9.03. The molecule has 19 heavy (non-hydrogen) atoms. The second-order valence-corrected chi connectivity index (χ2v) is 4.35. The van der Waals surface area contributed by atoms with Crippen LogP contribution in [-0.4, -0.2) is 36.5 Å². The minimum Gasteiger partial charge on any atom is -0.395 e. The standard InChI is InChI=1S/C16H19NO2/c18-12-10-17(11-13-19)16-8-6-15(7-9-16)14-4-2-1-3-5-14/h1-9,18-19H,10-13H2. The van der Waals surface area contributed by atoms with E-state index in [1.165, 1.54) is 5.56 Å². The van der Waals surface area contributed by atoms with Gasteiger partial charge in [-0.3, -0.25) is 0 Å². The van der Waals surface area contributed by atoms with Crippen molar-refractivity contribution in [1.82, 2.24) is 0 Å². The minimum absolute atomic E-state index is 0.0838. The quantitative estimate of drug-likeness (QED) is 0.833. The number of aliphatic hydroxyl groups is 2. The zero-order valence-corrected chi connectivity index (χ0v) is 10.9. The van der Waals surface area contributed by atoms with Crippen LogP contribution in [0.3, 0.4) is 0 Å². The number of rotatable bonds is 6. The predicted octanol–water partition coefficient (Wildman–Crippen LogP) is 2.14. The third-order valence-electron chi connectivity index (χ3n) is 3.08. The number of benzene rings is 2. The molecule has 2 aromatic carbocycles. The maximum atomic E-state index is 9.03. The second-order valence-electron chi connectivity index (χ2n) is 4.35. The average Bonchev–Trinajstić information content (AvgIpc) is 2.48. The Morgan fingerprint density at radius 1 is 0.684 bits per heavy atom. The van der Waals surface area contributed by atoms with Crippen LogP contribution >= 0.6 is 0 Å². The molecule has 0 saturated heterocycles. The first kappa shape index (κ1) is 13.6. The lowest BCUT2D eigenvalue weighted by Gasteiger charge is -2.23. The van der Waals surface area contributed by atoms with E-state index >= 15 is 0 Å². The molecule has 0 saturated carbocycles. The molecule has 3 heteroatoms. The highest BCUT2D eigenvalue weighted by molar-refractivity contribution is 5.66. The molecule has 0 fully saturated rings.